The maximum absolute atomic E-state index is 8.71. The summed E-state index contributed by atoms with van der Waals surface area (Å²) in [4.78, 5) is 0. The van der Waals surface area contributed by atoms with Crippen molar-refractivity contribution in [3.63, 3.8) is 0 Å². The fourth-order valence-electron chi connectivity index (χ4n) is 1.90. The Morgan fingerprint density at radius 2 is 2.18 bits per heavy atom. The van der Waals surface area contributed by atoms with E-state index in [2.05, 4.69) is 17.5 Å². The highest BCUT2D eigenvalue weighted by Gasteiger charge is 2.09. The Labute approximate surface area is 101 Å². The van der Waals surface area contributed by atoms with Gasteiger partial charge in [0.05, 0.1) is 12.0 Å². The average Bonchev–Trinajstić information content (AvgIpc) is 2.66. The van der Waals surface area contributed by atoms with Crippen molar-refractivity contribution in [2.75, 3.05) is 6.54 Å². The summed E-state index contributed by atoms with van der Waals surface area (Å²) in [6, 6.07) is 10.2. The van der Waals surface area contributed by atoms with Gasteiger partial charge >= 0.3 is 0 Å². The van der Waals surface area contributed by atoms with Gasteiger partial charge in [0.25, 0.3) is 0 Å². The lowest BCUT2D eigenvalue weighted by Crippen LogP contribution is -2.19. The first-order valence-electron chi connectivity index (χ1n) is 5.79. The van der Waals surface area contributed by atoms with Crippen molar-refractivity contribution in [1.82, 2.24) is 5.32 Å². The Bertz CT molecular complexity index is 551. The molecule has 0 amide bonds. The molecule has 1 aromatic carbocycles. The number of rotatable bonds is 4. The number of hydrogen-bond donors (Lipinski definition) is 1. The number of furan rings is 1. The summed E-state index contributed by atoms with van der Waals surface area (Å²) in [5.74, 6) is 0.983. The van der Waals surface area contributed by atoms with Crippen LogP contribution in [0.3, 0.4) is 0 Å². The first-order valence-corrected chi connectivity index (χ1v) is 5.79. The second-order valence-corrected chi connectivity index (χ2v) is 4.29. The molecule has 88 valence electrons. The van der Waals surface area contributed by atoms with Gasteiger partial charge < -0.3 is 9.73 Å². The van der Waals surface area contributed by atoms with Gasteiger partial charge in [-0.3, -0.25) is 0 Å². The van der Waals surface area contributed by atoms with Crippen LogP contribution < -0.4 is 5.32 Å². The molecular formula is C14H16N2O. The number of hydrogen-bond acceptors (Lipinski definition) is 3. The molecule has 0 aliphatic rings. The zero-order valence-corrected chi connectivity index (χ0v) is 10.2. The molecule has 0 saturated heterocycles. The van der Waals surface area contributed by atoms with E-state index in [1.807, 2.05) is 32.0 Å². The Kier molecular flexibility index (Phi) is 3.46. The third kappa shape index (κ3) is 2.48. The van der Waals surface area contributed by atoms with Crippen molar-refractivity contribution in [2.45, 2.75) is 20.4 Å². The topological polar surface area (TPSA) is 49.0 Å². The van der Waals surface area contributed by atoms with E-state index in [9.17, 15) is 0 Å². The number of aryl methyl sites for hydroxylation is 1. The predicted molar refractivity (Wildman–Crippen MR) is 67.4 cm³/mol. The molecule has 1 aromatic heterocycles. The molecule has 1 atom stereocenters. The predicted octanol–water partition coefficient (Wildman–Crippen LogP) is 2.99. The average molecular weight is 228 g/mol. The maximum Gasteiger partial charge on any atom is 0.134 e. The summed E-state index contributed by atoms with van der Waals surface area (Å²) >= 11 is 0. The summed E-state index contributed by atoms with van der Waals surface area (Å²) in [6.07, 6.45) is 0. The van der Waals surface area contributed by atoms with Gasteiger partial charge in [0, 0.05) is 24.0 Å². The third-order valence-electron chi connectivity index (χ3n) is 2.87. The van der Waals surface area contributed by atoms with Crippen LogP contribution >= 0.6 is 0 Å². The highest BCUT2D eigenvalue weighted by Crippen LogP contribution is 2.24. The quantitative estimate of drug-likeness (QED) is 0.875. The van der Waals surface area contributed by atoms with E-state index in [0.29, 0.717) is 6.54 Å². The minimum Gasteiger partial charge on any atom is -0.461 e. The number of para-hydroxylation sites is 1. The normalized spacial score (nSPS) is 12.5. The van der Waals surface area contributed by atoms with Gasteiger partial charge in [-0.1, -0.05) is 18.2 Å². The minimum absolute atomic E-state index is 0.0356. The van der Waals surface area contributed by atoms with Crippen LogP contribution in [0.2, 0.25) is 0 Å². The zero-order valence-electron chi connectivity index (χ0n) is 10.2. The van der Waals surface area contributed by atoms with Crippen molar-refractivity contribution in [1.29, 1.82) is 5.26 Å². The van der Waals surface area contributed by atoms with Crippen LogP contribution in [-0.2, 0) is 6.54 Å². The monoisotopic (exact) mass is 228 g/mol. The summed E-state index contributed by atoms with van der Waals surface area (Å²) in [7, 11) is 0. The zero-order chi connectivity index (χ0) is 12.3. The van der Waals surface area contributed by atoms with Crippen LogP contribution in [0.15, 0.2) is 28.7 Å². The molecule has 0 aliphatic carbocycles. The second kappa shape index (κ2) is 5.03. The summed E-state index contributed by atoms with van der Waals surface area (Å²) < 4.78 is 5.68. The van der Waals surface area contributed by atoms with Gasteiger partial charge in [-0.15, -0.1) is 0 Å². The first kappa shape index (κ1) is 11.7. The van der Waals surface area contributed by atoms with E-state index in [-0.39, 0.29) is 5.92 Å². The van der Waals surface area contributed by atoms with E-state index in [1.54, 1.807) is 0 Å². The molecule has 0 aliphatic heterocycles. The van der Waals surface area contributed by atoms with Gasteiger partial charge in [-0.2, -0.15) is 5.26 Å². The first-order chi connectivity index (χ1) is 8.22. The fourth-order valence-corrected chi connectivity index (χ4v) is 1.90. The lowest BCUT2D eigenvalue weighted by Gasteiger charge is -2.05. The molecule has 2 aromatic rings. The Morgan fingerprint density at radius 3 is 2.94 bits per heavy atom. The second-order valence-electron chi connectivity index (χ2n) is 4.29. The smallest absolute Gasteiger partial charge is 0.134 e. The van der Waals surface area contributed by atoms with Gasteiger partial charge in [0.2, 0.25) is 0 Å². The van der Waals surface area contributed by atoms with E-state index in [0.717, 1.165) is 23.3 Å². The molecule has 1 heterocycles. The van der Waals surface area contributed by atoms with Crippen molar-refractivity contribution in [2.24, 2.45) is 5.92 Å². The lowest BCUT2D eigenvalue weighted by molar-refractivity contribution is 0.556. The van der Waals surface area contributed by atoms with Crippen LogP contribution in [0.25, 0.3) is 11.0 Å². The highest BCUT2D eigenvalue weighted by molar-refractivity contribution is 5.82. The fraction of sp³-hybridized carbons (Fsp3) is 0.357. The molecule has 3 heteroatoms. The number of nitriles is 1. The van der Waals surface area contributed by atoms with Crippen molar-refractivity contribution < 1.29 is 4.42 Å². The molecule has 17 heavy (non-hydrogen) atoms. The summed E-state index contributed by atoms with van der Waals surface area (Å²) in [5.41, 5.74) is 2.11. The number of nitrogens with one attached hydrogen (secondary N) is 1. The Morgan fingerprint density at radius 1 is 1.41 bits per heavy atom. The van der Waals surface area contributed by atoms with Gasteiger partial charge in [0.1, 0.15) is 11.3 Å². The van der Waals surface area contributed by atoms with Crippen LogP contribution in [0.5, 0.6) is 0 Å². The molecule has 0 spiro atoms. The number of fused-ring (bicyclic) bond motifs is 1. The SMILES string of the molecule is Cc1oc2ccccc2c1CNCC(C)C#N. The number of nitrogens with zero attached hydrogens (tertiary/aromatic N) is 1. The van der Waals surface area contributed by atoms with E-state index < -0.39 is 0 Å². The van der Waals surface area contributed by atoms with Gasteiger partial charge in [0.15, 0.2) is 0 Å². The van der Waals surface area contributed by atoms with Crippen molar-refractivity contribution >= 4 is 11.0 Å². The molecular weight excluding hydrogens is 212 g/mol. The van der Waals surface area contributed by atoms with Crippen LogP contribution in [-0.4, -0.2) is 6.54 Å². The van der Waals surface area contributed by atoms with Crippen molar-refractivity contribution in [3.8, 4) is 6.07 Å². The molecule has 0 bridgehead atoms. The molecule has 1 N–H and O–H groups in total. The van der Waals surface area contributed by atoms with Crippen molar-refractivity contribution in [3.05, 3.63) is 35.6 Å². The van der Waals surface area contributed by atoms with Gasteiger partial charge in [-0.05, 0) is 19.9 Å². The van der Waals surface area contributed by atoms with Gasteiger partial charge in [-0.25, -0.2) is 0 Å². The highest BCUT2D eigenvalue weighted by atomic mass is 16.3. The largest absolute Gasteiger partial charge is 0.461 e. The maximum atomic E-state index is 8.71. The number of benzene rings is 1. The molecule has 2 rings (SSSR count). The molecule has 0 saturated carbocycles. The summed E-state index contributed by atoms with van der Waals surface area (Å²) in [5, 5.41) is 13.2. The van der Waals surface area contributed by atoms with E-state index in [4.69, 9.17) is 9.68 Å². The van der Waals surface area contributed by atoms with Crippen LogP contribution in [0.4, 0.5) is 0 Å². The third-order valence-corrected chi connectivity index (χ3v) is 2.87. The van der Waals surface area contributed by atoms with E-state index in [1.165, 1.54) is 5.56 Å². The standard InChI is InChI=1S/C14H16N2O/c1-10(7-15)8-16-9-13-11(2)17-14-6-4-3-5-12(13)14/h3-6,10,16H,8-9H2,1-2H3. The lowest BCUT2D eigenvalue weighted by atomic mass is 10.1. The minimum atomic E-state index is 0.0356. The molecule has 3 nitrogen and oxygen atoms in total. The van der Waals surface area contributed by atoms with Crippen LogP contribution in [0.1, 0.15) is 18.2 Å². The Hall–Kier alpha value is -1.79. The molecule has 1 unspecified atom stereocenters. The molecule has 0 fully saturated rings. The molecule has 0 radical (unpaired) electrons. The van der Waals surface area contributed by atoms with Crippen LogP contribution in [0, 0.1) is 24.2 Å². The Balaban J connectivity index is 2.13. The van der Waals surface area contributed by atoms with E-state index >= 15 is 0 Å². The summed E-state index contributed by atoms with van der Waals surface area (Å²) in [6.45, 7) is 5.34.